The van der Waals surface area contributed by atoms with Gasteiger partial charge in [0.2, 0.25) is 10.0 Å². The van der Waals surface area contributed by atoms with Crippen LogP contribution >= 0.6 is 0 Å². The molecule has 0 unspecified atom stereocenters. The Kier molecular flexibility index (Phi) is 4.25. The molecule has 1 aromatic carbocycles. The molecular weight excluding hydrogens is 278 g/mol. The lowest BCUT2D eigenvalue weighted by Gasteiger charge is -2.16. The molecule has 0 heterocycles. The molecule has 1 fully saturated rings. The molecule has 0 aromatic heterocycles. The van der Waals surface area contributed by atoms with Crippen LogP contribution in [0.1, 0.15) is 18.4 Å². The van der Waals surface area contributed by atoms with Crippen LogP contribution in [0, 0.1) is 5.92 Å². The Hall–Kier alpha value is -1.66. The summed E-state index contributed by atoms with van der Waals surface area (Å²) in [7, 11) is -1.86. The summed E-state index contributed by atoms with van der Waals surface area (Å²) in [6, 6.07) is 6.19. The molecule has 108 valence electrons. The molecule has 0 bridgehead atoms. The summed E-state index contributed by atoms with van der Waals surface area (Å²) in [5.74, 6) is -0.543. The van der Waals surface area contributed by atoms with Crippen molar-refractivity contribution in [2.75, 3.05) is 13.6 Å². The van der Waals surface area contributed by atoms with Crippen molar-refractivity contribution in [3.8, 4) is 0 Å². The van der Waals surface area contributed by atoms with Gasteiger partial charge in [-0.2, -0.15) is 0 Å². The molecule has 0 aliphatic heterocycles. The van der Waals surface area contributed by atoms with Gasteiger partial charge in [-0.3, -0.25) is 0 Å². The summed E-state index contributed by atoms with van der Waals surface area (Å²) in [4.78, 5) is 10.6. The van der Waals surface area contributed by atoms with Crippen LogP contribution in [0.3, 0.4) is 0 Å². The minimum absolute atomic E-state index is 0.230. The number of aliphatic carboxylic acids is 1. The highest BCUT2D eigenvalue weighted by molar-refractivity contribution is 7.89. The minimum Gasteiger partial charge on any atom is -0.478 e. The predicted octanol–water partition coefficient (Wildman–Crippen LogP) is 1.81. The molecule has 6 heteroatoms. The number of sulfonamides is 1. The maximum Gasteiger partial charge on any atom is 0.328 e. The number of nitrogens with zero attached hydrogens (tertiary/aromatic N) is 1. The van der Waals surface area contributed by atoms with Crippen LogP contribution in [0.5, 0.6) is 0 Å². The van der Waals surface area contributed by atoms with E-state index in [-0.39, 0.29) is 4.90 Å². The van der Waals surface area contributed by atoms with E-state index in [0.29, 0.717) is 18.0 Å². The van der Waals surface area contributed by atoms with Gasteiger partial charge in [-0.05, 0) is 42.5 Å². The zero-order valence-corrected chi connectivity index (χ0v) is 12.0. The van der Waals surface area contributed by atoms with Gasteiger partial charge in [0.05, 0.1) is 4.90 Å². The van der Waals surface area contributed by atoms with Crippen molar-refractivity contribution in [1.82, 2.24) is 4.31 Å². The molecule has 1 aromatic rings. The molecule has 0 spiro atoms. The highest BCUT2D eigenvalue weighted by Crippen LogP contribution is 2.31. The molecule has 1 N–H and O–H groups in total. The predicted molar refractivity (Wildman–Crippen MR) is 75.7 cm³/mol. The van der Waals surface area contributed by atoms with Gasteiger partial charge in [0, 0.05) is 19.7 Å². The summed E-state index contributed by atoms with van der Waals surface area (Å²) in [5, 5.41) is 8.53. The Morgan fingerprint density at radius 2 is 1.95 bits per heavy atom. The third kappa shape index (κ3) is 3.68. The molecule has 0 radical (unpaired) electrons. The summed E-state index contributed by atoms with van der Waals surface area (Å²) in [6.45, 7) is 0.559. The van der Waals surface area contributed by atoms with Crippen molar-refractivity contribution in [2.24, 2.45) is 5.92 Å². The zero-order chi connectivity index (χ0) is 14.8. The largest absolute Gasteiger partial charge is 0.478 e. The Morgan fingerprint density at radius 1 is 1.35 bits per heavy atom. The van der Waals surface area contributed by atoms with E-state index in [1.807, 2.05) is 0 Å². The van der Waals surface area contributed by atoms with Crippen molar-refractivity contribution >= 4 is 22.1 Å². The van der Waals surface area contributed by atoms with Crippen LogP contribution in [-0.2, 0) is 14.8 Å². The highest BCUT2D eigenvalue weighted by Gasteiger charge is 2.28. The van der Waals surface area contributed by atoms with E-state index in [1.165, 1.54) is 22.5 Å². The van der Waals surface area contributed by atoms with Crippen LogP contribution < -0.4 is 0 Å². The topological polar surface area (TPSA) is 74.7 Å². The van der Waals surface area contributed by atoms with Crippen LogP contribution in [0.4, 0.5) is 0 Å². The smallest absolute Gasteiger partial charge is 0.328 e. The molecule has 1 aliphatic rings. The second-order valence-electron chi connectivity index (χ2n) is 4.97. The van der Waals surface area contributed by atoms with Gasteiger partial charge in [-0.15, -0.1) is 0 Å². The lowest BCUT2D eigenvalue weighted by molar-refractivity contribution is -0.131. The summed E-state index contributed by atoms with van der Waals surface area (Å²) in [5.41, 5.74) is 0.649. The van der Waals surface area contributed by atoms with Crippen LogP contribution in [0.2, 0.25) is 0 Å². The Morgan fingerprint density at radius 3 is 2.45 bits per heavy atom. The van der Waals surface area contributed by atoms with E-state index >= 15 is 0 Å². The lowest BCUT2D eigenvalue weighted by atomic mass is 10.2. The Bertz CT molecular complexity index is 615. The maximum atomic E-state index is 12.3. The normalized spacial score (nSPS) is 15.9. The first kappa shape index (κ1) is 14.7. The molecule has 5 nitrogen and oxygen atoms in total. The number of rotatable bonds is 6. The second kappa shape index (κ2) is 5.76. The van der Waals surface area contributed by atoms with E-state index < -0.39 is 16.0 Å². The fourth-order valence-electron chi connectivity index (χ4n) is 1.86. The molecular formula is C14H17NO4S. The second-order valence-corrected chi connectivity index (χ2v) is 7.01. The maximum absolute atomic E-state index is 12.3. The molecule has 0 atom stereocenters. The molecule has 1 aliphatic carbocycles. The van der Waals surface area contributed by atoms with E-state index in [9.17, 15) is 13.2 Å². The lowest BCUT2D eigenvalue weighted by Crippen LogP contribution is -2.28. The van der Waals surface area contributed by atoms with Crippen LogP contribution in [-0.4, -0.2) is 37.4 Å². The van der Waals surface area contributed by atoms with Crippen LogP contribution in [0.15, 0.2) is 35.2 Å². The third-order valence-electron chi connectivity index (χ3n) is 3.22. The van der Waals surface area contributed by atoms with Crippen molar-refractivity contribution in [3.63, 3.8) is 0 Å². The Balaban J connectivity index is 2.13. The van der Waals surface area contributed by atoms with Gasteiger partial charge >= 0.3 is 5.97 Å². The first-order valence-corrected chi connectivity index (χ1v) is 7.81. The van der Waals surface area contributed by atoms with Gasteiger partial charge in [-0.1, -0.05) is 12.1 Å². The molecule has 1 saturated carbocycles. The van der Waals surface area contributed by atoms with Gasteiger partial charge in [0.15, 0.2) is 0 Å². The highest BCUT2D eigenvalue weighted by atomic mass is 32.2. The standard InChI is InChI=1S/C14H17NO4S/c1-15(10-12-2-3-12)20(18,19)13-7-4-11(5-8-13)6-9-14(16)17/h4-9,12H,2-3,10H2,1H3,(H,16,17)/b9-6+. The summed E-state index contributed by atoms with van der Waals surface area (Å²) >= 11 is 0. The molecule has 2 rings (SSSR count). The summed E-state index contributed by atoms with van der Waals surface area (Å²) < 4.78 is 26.0. The van der Waals surface area contributed by atoms with Gasteiger partial charge < -0.3 is 5.11 Å². The monoisotopic (exact) mass is 295 g/mol. The quantitative estimate of drug-likeness (QED) is 0.812. The third-order valence-corrected chi connectivity index (χ3v) is 5.06. The number of carboxylic acids is 1. The van der Waals surface area contributed by atoms with E-state index in [4.69, 9.17) is 5.11 Å². The number of benzene rings is 1. The number of hydrogen-bond donors (Lipinski definition) is 1. The summed E-state index contributed by atoms with van der Waals surface area (Å²) in [6.07, 6.45) is 4.63. The van der Waals surface area contributed by atoms with Gasteiger partial charge in [-0.25, -0.2) is 17.5 Å². The molecule has 0 saturated heterocycles. The van der Waals surface area contributed by atoms with Gasteiger partial charge in [0.1, 0.15) is 0 Å². The molecule has 20 heavy (non-hydrogen) atoms. The fraction of sp³-hybridized carbons (Fsp3) is 0.357. The number of carbonyl (C=O) groups is 1. The van der Waals surface area contributed by atoms with Gasteiger partial charge in [0.25, 0.3) is 0 Å². The van der Waals surface area contributed by atoms with Crippen molar-refractivity contribution in [2.45, 2.75) is 17.7 Å². The van der Waals surface area contributed by atoms with E-state index in [2.05, 4.69) is 0 Å². The first-order chi connectivity index (χ1) is 9.39. The van der Waals surface area contributed by atoms with Crippen molar-refractivity contribution in [1.29, 1.82) is 0 Å². The van der Waals surface area contributed by atoms with Crippen LogP contribution in [0.25, 0.3) is 6.08 Å². The number of carboxylic acid groups (broad SMARTS) is 1. The average Bonchev–Trinajstić information content (AvgIpc) is 3.20. The first-order valence-electron chi connectivity index (χ1n) is 6.37. The Labute approximate surface area is 118 Å². The number of hydrogen-bond acceptors (Lipinski definition) is 3. The zero-order valence-electron chi connectivity index (χ0n) is 11.2. The van der Waals surface area contributed by atoms with E-state index in [0.717, 1.165) is 18.9 Å². The fourth-order valence-corrected chi connectivity index (χ4v) is 3.11. The average molecular weight is 295 g/mol. The minimum atomic E-state index is -3.45. The van der Waals surface area contributed by atoms with Crippen molar-refractivity contribution in [3.05, 3.63) is 35.9 Å². The SMILES string of the molecule is CN(CC1CC1)S(=O)(=O)c1ccc(/C=C/C(=O)O)cc1. The molecule has 0 amide bonds. The van der Waals surface area contributed by atoms with Crippen molar-refractivity contribution < 1.29 is 18.3 Å². The van der Waals surface area contributed by atoms with E-state index in [1.54, 1.807) is 19.2 Å².